The van der Waals surface area contributed by atoms with Crippen LogP contribution in [0.3, 0.4) is 0 Å². The third kappa shape index (κ3) is 4.84. The molecule has 3 amide bonds. The summed E-state index contributed by atoms with van der Waals surface area (Å²) in [6, 6.07) is 15.1. The lowest BCUT2D eigenvalue weighted by Gasteiger charge is -2.09. The van der Waals surface area contributed by atoms with Gasteiger partial charge in [-0.1, -0.05) is 29.8 Å². The van der Waals surface area contributed by atoms with Gasteiger partial charge in [-0.25, -0.2) is 4.79 Å². The fourth-order valence-corrected chi connectivity index (χ4v) is 2.31. The van der Waals surface area contributed by atoms with Crippen molar-refractivity contribution < 1.29 is 9.59 Å². The molecule has 0 radical (unpaired) electrons. The minimum atomic E-state index is -0.186. The summed E-state index contributed by atoms with van der Waals surface area (Å²) in [6.07, 6.45) is 2.45. The molecule has 0 aromatic heterocycles. The van der Waals surface area contributed by atoms with Gasteiger partial charge in [0, 0.05) is 17.4 Å². The molecular weight excluding hydrogens is 302 g/mol. The molecule has 124 valence electrons. The second-order valence-corrected chi connectivity index (χ2v) is 6.16. The molecule has 0 spiro atoms. The van der Waals surface area contributed by atoms with Crippen molar-refractivity contribution in [2.24, 2.45) is 0 Å². The smallest absolute Gasteiger partial charge is 0.319 e. The van der Waals surface area contributed by atoms with E-state index < -0.39 is 0 Å². The molecule has 0 heterocycles. The Morgan fingerprint density at radius 1 is 0.917 bits per heavy atom. The lowest BCUT2D eigenvalue weighted by molar-refractivity contribution is -0.115. The average Bonchev–Trinajstić information content (AvgIpc) is 3.35. The summed E-state index contributed by atoms with van der Waals surface area (Å²) >= 11 is 0. The number of nitrogens with one attached hydrogen (secondary N) is 3. The lowest BCUT2D eigenvalue weighted by Crippen LogP contribution is -2.30. The SMILES string of the molecule is Cc1ccc(CC(=O)Nc2ccc(NC(=O)NC3CC3)cc2)cc1. The Morgan fingerprint density at radius 2 is 1.50 bits per heavy atom. The zero-order valence-corrected chi connectivity index (χ0v) is 13.6. The molecule has 2 aromatic rings. The number of benzene rings is 2. The molecule has 5 nitrogen and oxygen atoms in total. The van der Waals surface area contributed by atoms with E-state index in [0.717, 1.165) is 18.4 Å². The van der Waals surface area contributed by atoms with Crippen molar-refractivity contribution >= 4 is 23.3 Å². The number of hydrogen-bond acceptors (Lipinski definition) is 2. The first-order chi connectivity index (χ1) is 11.6. The number of amides is 3. The fraction of sp³-hybridized carbons (Fsp3) is 0.263. The third-order valence-electron chi connectivity index (χ3n) is 3.82. The highest BCUT2D eigenvalue weighted by Crippen LogP contribution is 2.19. The first-order valence-corrected chi connectivity index (χ1v) is 8.11. The van der Waals surface area contributed by atoms with E-state index in [1.807, 2.05) is 31.2 Å². The lowest BCUT2D eigenvalue weighted by atomic mass is 10.1. The highest BCUT2D eigenvalue weighted by Gasteiger charge is 2.23. The minimum absolute atomic E-state index is 0.0639. The van der Waals surface area contributed by atoms with Crippen LogP contribution >= 0.6 is 0 Å². The Bertz CT molecular complexity index is 719. The molecule has 1 aliphatic rings. The van der Waals surface area contributed by atoms with E-state index in [-0.39, 0.29) is 11.9 Å². The molecule has 0 bridgehead atoms. The van der Waals surface area contributed by atoms with Crippen LogP contribution in [0, 0.1) is 6.92 Å². The molecule has 3 rings (SSSR count). The van der Waals surface area contributed by atoms with Crippen LogP contribution in [0.4, 0.5) is 16.2 Å². The molecule has 1 fully saturated rings. The van der Waals surface area contributed by atoms with E-state index in [1.54, 1.807) is 24.3 Å². The van der Waals surface area contributed by atoms with Crippen LogP contribution in [0.25, 0.3) is 0 Å². The maximum atomic E-state index is 12.1. The van der Waals surface area contributed by atoms with Crippen molar-refractivity contribution in [3.63, 3.8) is 0 Å². The third-order valence-corrected chi connectivity index (χ3v) is 3.82. The van der Waals surface area contributed by atoms with E-state index >= 15 is 0 Å². The molecule has 0 aliphatic heterocycles. The number of carbonyl (C=O) groups is 2. The van der Waals surface area contributed by atoms with Gasteiger partial charge in [-0.2, -0.15) is 0 Å². The number of anilines is 2. The van der Waals surface area contributed by atoms with E-state index in [9.17, 15) is 9.59 Å². The molecule has 3 N–H and O–H groups in total. The van der Waals surface area contributed by atoms with E-state index in [0.29, 0.717) is 23.8 Å². The van der Waals surface area contributed by atoms with Gasteiger partial charge in [-0.3, -0.25) is 4.79 Å². The van der Waals surface area contributed by atoms with Gasteiger partial charge in [0.1, 0.15) is 0 Å². The van der Waals surface area contributed by atoms with E-state index in [2.05, 4.69) is 16.0 Å². The predicted octanol–water partition coefficient (Wildman–Crippen LogP) is 3.46. The Morgan fingerprint density at radius 3 is 2.08 bits per heavy atom. The van der Waals surface area contributed by atoms with Crippen LogP contribution in [0.2, 0.25) is 0 Å². The molecule has 1 saturated carbocycles. The Balaban J connectivity index is 1.50. The van der Waals surface area contributed by atoms with Gasteiger partial charge >= 0.3 is 6.03 Å². The number of rotatable bonds is 5. The number of hydrogen-bond donors (Lipinski definition) is 3. The normalized spacial score (nSPS) is 13.2. The molecule has 0 unspecified atom stereocenters. The van der Waals surface area contributed by atoms with Crippen LogP contribution < -0.4 is 16.0 Å². The second kappa shape index (κ2) is 7.17. The van der Waals surface area contributed by atoms with Gasteiger partial charge in [0.25, 0.3) is 0 Å². The van der Waals surface area contributed by atoms with Crippen LogP contribution in [0.5, 0.6) is 0 Å². The summed E-state index contributed by atoms with van der Waals surface area (Å²) < 4.78 is 0. The van der Waals surface area contributed by atoms with Gasteiger partial charge in [0.05, 0.1) is 6.42 Å². The summed E-state index contributed by atoms with van der Waals surface area (Å²) in [7, 11) is 0. The predicted molar refractivity (Wildman–Crippen MR) is 95.1 cm³/mol. The molecule has 0 saturated heterocycles. The summed E-state index contributed by atoms with van der Waals surface area (Å²) in [5.41, 5.74) is 3.56. The fourth-order valence-electron chi connectivity index (χ4n) is 2.31. The molecule has 24 heavy (non-hydrogen) atoms. The zero-order chi connectivity index (χ0) is 16.9. The highest BCUT2D eigenvalue weighted by atomic mass is 16.2. The van der Waals surface area contributed by atoms with Gasteiger partial charge in [-0.05, 0) is 49.6 Å². The summed E-state index contributed by atoms with van der Waals surface area (Å²) in [5, 5.41) is 8.50. The maximum absolute atomic E-state index is 12.1. The Hall–Kier alpha value is -2.82. The molecule has 2 aromatic carbocycles. The van der Waals surface area contributed by atoms with Gasteiger partial charge in [0.15, 0.2) is 0 Å². The molecule has 5 heteroatoms. The Labute approximate surface area is 141 Å². The van der Waals surface area contributed by atoms with E-state index in [4.69, 9.17) is 0 Å². The van der Waals surface area contributed by atoms with Crippen molar-refractivity contribution in [2.45, 2.75) is 32.2 Å². The maximum Gasteiger partial charge on any atom is 0.319 e. The van der Waals surface area contributed by atoms with Crippen LogP contribution in [-0.2, 0) is 11.2 Å². The number of urea groups is 1. The largest absolute Gasteiger partial charge is 0.335 e. The topological polar surface area (TPSA) is 70.2 Å². The van der Waals surface area contributed by atoms with Crippen molar-refractivity contribution in [1.29, 1.82) is 0 Å². The first-order valence-electron chi connectivity index (χ1n) is 8.11. The second-order valence-electron chi connectivity index (χ2n) is 6.16. The highest BCUT2D eigenvalue weighted by molar-refractivity contribution is 5.93. The van der Waals surface area contributed by atoms with Gasteiger partial charge in [-0.15, -0.1) is 0 Å². The summed E-state index contributed by atoms with van der Waals surface area (Å²) in [4.78, 5) is 23.7. The van der Waals surface area contributed by atoms with Gasteiger partial charge < -0.3 is 16.0 Å². The first kappa shape index (κ1) is 16.1. The summed E-state index contributed by atoms with van der Waals surface area (Å²) in [6.45, 7) is 2.02. The molecular formula is C19H21N3O2. The summed E-state index contributed by atoms with van der Waals surface area (Å²) in [5.74, 6) is -0.0639. The standard InChI is InChI=1S/C19H21N3O2/c1-13-2-4-14(5-3-13)12-18(23)20-15-6-8-16(9-7-15)21-19(24)22-17-10-11-17/h2-9,17H,10-12H2,1H3,(H,20,23)(H2,21,22,24). The van der Waals surface area contributed by atoms with Crippen LogP contribution in [0.15, 0.2) is 48.5 Å². The van der Waals surface area contributed by atoms with Crippen molar-refractivity contribution in [2.75, 3.05) is 10.6 Å². The minimum Gasteiger partial charge on any atom is -0.335 e. The quantitative estimate of drug-likeness (QED) is 0.788. The van der Waals surface area contributed by atoms with Crippen molar-refractivity contribution in [3.05, 3.63) is 59.7 Å². The monoisotopic (exact) mass is 323 g/mol. The van der Waals surface area contributed by atoms with Crippen LogP contribution in [-0.4, -0.2) is 18.0 Å². The number of aryl methyl sites for hydroxylation is 1. The van der Waals surface area contributed by atoms with Crippen molar-refractivity contribution in [1.82, 2.24) is 5.32 Å². The Kier molecular flexibility index (Phi) is 4.79. The van der Waals surface area contributed by atoms with Crippen molar-refractivity contribution in [3.8, 4) is 0 Å². The average molecular weight is 323 g/mol. The zero-order valence-electron chi connectivity index (χ0n) is 13.6. The molecule has 1 aliphatic carbocycles. The van der Waals surface area contributed by atoms with E-state index in [1.165, 1.54) is 5.56 Å². The van der Waals surface area contributed by atoms with Gasteiger partial charge in [0.2, 0.25) is 5.91 Å². The number of carbonyl (C=O) groups excluding carboxylic acids is 2. The van der Waals surface area contributed by atoms with Crippen LogP contribution in [0.1, 0.15) is 24.0 Å². The molecule has 0 atom stereocenters.